The fourth-order valence-corrected chi connectivity index (χ4v) is 3.65. The molecule has 0 N–H and O–H groups in total. The van der Waals surface area contributed by atoms with Gasteiger partial charge in [0.2, 0.25) is 5.76 Å². The first-order chi connectivity index (χ1) is 10.1. The Bertz CT molecular complexity index is 513. The summed E-state index contributed by atoms with van der Waals surface area (Å²) in [4.78, 5) is 16.5. The molecule has 0 aliphatic carbocycles. The molecule has 5 heteroatoms. The maximum Gasteiger partial charge on any atom is 0.373 e. The van der Waals surface area contributed by atoms with Crippen LogP contribution in [0.1, 0.15) is 48.5 Å². The zero-order chi connectivity index (χ0) is 15.0. The van der Waals surface area contributed by atoms with Crippen molar-refractivity contribution in [2.75, 3.05) is 27.2 Å². The van der Waals surface area contributed by atoms with Crippen LogP contribution in [-0.4, -0.2) is 55.1 Å². The molecule has 2 bridgehead atoms. The fraction of sp³-hybridized carbons (Fsp3) is 0.688. The summed E-state index contributed by atoms with van der Waals surface area (Å²) in [6, 6.07) is 5.16. The molecule has 3 atom stereocenters. The minimum Gasteiger partial charge on any atom is -0.463 e. The number of carbonyl (C=O) groups excluding carboxylic acids is 1. The van der Waals surface area contributed by atoms with E-state index in [1.807, 2.05) is 6.07 Å². The molecule has 1 aromatic heterocycles. The average Bonchev–Trinajstić information content (AvgIpc) is 3.04. The van der Waals surface area contributed by atoms with Crippen molar-refractivity contribution in [1.29, 1.82) is 0 Å². The summed E-state index contributed by atoms with van der Waals surface area (Å²) in [5.41, 5.74) is 0. The minimum atomic E-state index is -0.414. The fourth-order valence-electron chi connectivity index (χ4n) is 3.65. The highest BCUT2D eigenvalue weighted by Gasteiger charge is 2.36. The van der Waals surface area contributed by atoms with Crippen molar-refractivity contribution in [2.24, 2.45) is 0 Å². The molecule has 21 heavy (non-hydrogen) atoms. The van der Waals surface area contributed by atoms with E-state index in [2.05, 4.69) is 23.8 Å². The first-order valence-electron chi connectivity index (χ1n) is 7.74. The van der Waals surface area contributed by atoms with E-state index in [-0.39, 0.29) is 11.8 Å². The Balaban J connectivity index is 1.71. The lowest BCUT2D eigenvalue weighted by Gasteiger charge is -2.29. The number of hydrogen-bond donors (Lipinski definition) is 0. The minimum absolute atomic E-state index is 0.191. The lowest BCUT2D eigenvalue weighted by atomic mass is 10.1. The van der Waals surface area contributed by atoms with Crippen LogP contribution in [0.3, 0.4) is 0 Å². The van der Waals surface area contributed by atoms with Gasteiger partial charge in [0, 0.05) is 25.2 Å². The molecule has 5 nitrogen and oxygen atoms in total. The molecule has 3 rings (SSSR count). The zero-order valence-electron chi connectivity index (χ0n) is 13.0. The van der Waals surface area contributed by atoms with Gasteiger partial charge in [-0.15, -0.1) is 0 Å². The summed E-state index contributed by atoms with van der Waals surface area (Å²) in [5.74, 6) is 0.715. The molecule has 0 amide bonds. The summed E-state index contributed by atoms with van der Waals surface area (Å²) >= 11 is 0. The van der Waals surface area contributed by atoms with Gasteiger partial charge >= 0.3 is 5.97 Å². The SMILES string of the molecule is COC(=O)c1ccc(C(C)N2CCC3CCC(C2)N3C)o1. The third-order valence-corrected chi connectivity index (χ3v) is 5.15. The van der Waals surface area contributed by atoms with Crippen molar-refractivity contribution < 1.29 is 13.9 Å². The van der Waals surface area contributed by atoms with E-state index in [4.69, 9.17) is 9.15 Å². The van der Waals surface area contributed by atoms with Gasteiger partial charge in [0.1, 0.15) is 5.76 Å². The second-order valence-electron chi connectivity index (χ2n) is 6.20. The number of rotatable bonds is 3. The van der Waals surface area contributed by atoms with Crippen molar-refractivity contribution in [1.82, 2.24) is 9.80 Å². The van der Waals surface area contributed by atoms with Gasteiger partial charge in [-0.2, -0.15) is 0 Å². The highest BCUT2D eigenvalue weighted by molar-refractivity contribution is 5.86. The summed E-state index contributed by atoms with van der Waals surface area (Å²) in [6.45, 7) is 4.31. The lowest BCUT2D eigenvalue weighted by molar-refractivity contribution is 0.0558. The third-order valence-electron chi connectivity index (χ3n) is 5.15. The van der Waals surface area contributed by atoms with E-state index in [1.54, 1.807) is 6.07 Å². The molecule has 1 aromatic rings. The monoisotopic (exact) mass is 292 g/mol. The van der Waals surface area contributed by atoms with Crippen molar-refractivity contribution in [3.8, 4) is 0 Å². The van der Waals surface area contributed by atoms with Gasteiger partial charge in [0.25, 0.3) is 0 Å². The number of hydrogen-bond acceptors (Lipinski definition) is 5. The average molecular weight is 292 g/mol. The molecule has 2 aliphatic rings. The van der Waals surface area contributed by atoms with Crippen LogP contribution in [0.2, 0.25) is 0 Å². The Kier molecular flexibility index (Phi) is 4.04. The van der Waals surface area contributed by atoms with E-state index in [9.17, 15) is 4.79 Å². The van der Waals surface area contributed by atoms with Crippen LogP contribution in [-0.2, 0) is 4.74 Å². The molecule has 0 aromatic carbocycles. The summed E-state index contributed by atoms with van der Waals surface area (Å²) < 4.78 is 10.4. The lowest BCUT2D eigenvalue weighted by Crippen LogP contribution is -2.37. The first kappa shape index (κ1) is 14.6. The quantitative estimate of drug-likeness (QED) is 0.800. The topological polar surface area (TPSA) is 45.9 Å². The zero-order valence-corrected chi connectivity index (χ0v) is 13.0. The first-order valence-corrected chi connectivity index (χ1v) is 7.74. The second-order valence-corrected chi connectivity index (χ2v) is 6.20. The molecular formula is C16H24N2O3. The van der Waals surface area contributed by atoms with Gasteiger partial charge in [-0.1, -0.05) is 0 Å². The van der Waals surface area contributed by atoms with Crippen LogP contribution < -0.4 is 0 Å². The van der Waals surface area contributed by atoms with E-state index in [1.165, 1.54) is 26.4 Å². The number of furan rings is 1. The van der Waals surface area contributed by atoms with Gasteiger partial charge in [-0.25, -0.2) is 4.79 Å². The maximum absolute atomic E-state index is 11.5. The smallest absolute Gasteiger partial charge is 0.373 e. The Labute approximate surface area is 125 Å². The molecule has 0 spiro atoms. The second kappa shape index (κ2) is 5.81. The van der Waals surface area contributed by atoms with E-state index < -0.39 is 5.97 Å². The molecule has 2 saturated heterocycles. The number of ether oxygens (including phenoxy) is 1. The van der Waals surface area contributed by atoms with Gasteiger partial charge in [0.15, 0.2) is 0 Å². The molecule has 116 valence electrons. The Morgan fingerprint density at radius 3 is 2.86 bits per heavy atom. The van der Waals surface area contributed by atoms with Crippen molar-refractivity contribution in [2.45, 2.75) is 44.3 Å². The third kappa shape index (κ3) is 2.72. The largest absolute Gasteiger partial charge is 0.463 e. The van der Waals surface area contributed by atoms with Crippen molar-refractivity contribution >= 4 is 5.97 Å². The Morgan fingerprint density at radius 1 is 1.33 bits per heavy atom. The number of methoxy groups -OCH3 is 1. The number of likely N-dealkylation sites (tertiary alicyclic amines) is 1. The molecule has 3 heterocycles. The van der Waals surface area contributed by atoms with Crippen LogP contribution in [0.5, 0.6) is 0 Å². The van der Waals surface area contributed by atoms with Gasteiger partial charge in [0.05, 0.1) is 13.2 Å². The highest BCUT2D eigenvalue weighted by Crippen LogP contribution is 2.32. The van der Waals surface area contributed by atoms with Crippen molar-refractivity contribution in [3.63, 3.8) is 0 Å². The molecular weight excluding hydrogens is 268 g/mol. The van der Waals surface area contributed by atoms with Gasteiger partial charge < -0.3 is 9.15 Å². The van der Waals surface area contributed by atoms with Crippen LogP contribution >= 0.6 is 0 Å². The standard InChI is InChI=1S/C16H24N2O3/c1-11(14-6-7-15(21-14)16(19)20-3)18-9-8-12-4-5-13(10-18)17(12)2/h6-7,11-13H,4-5,8-10H2,1-3H3. The van der Waals surface area contributed by atoms with Crippen molar-refractivity contribution in [3.05, 3.63) is 23.7 Å². The predicted octanol–water partition coefficient (Wildman–Crippen LogP) is 2.30. The Morgan fingerprint density at radius 2 is 2.10 bits per heavy atom. The molecule has 2 aliphatic heterocycles. The number of carbonyl (C=O) groups is 1. The van der Waals surface area contributed by atoms with E-state index in [0.717, 1.165) is 24.9 Å². The molecule has 0 saturated carbocycles. The highest BCUT2D eigenvalue weighted by atomic mass is 16.5. The van der Waals surface area contributed by atoms with Crippen LogP contribution in [0.25, 0.3) is 0 Å². The van der Waals surface area contributed by atoms with E-state index in [0.29, 0.717) is 6.04 Å². The van der Waals surface area contributed by atoms with E-state index >= 15 is 0 Å². The molecule has 3 unspecified atom stereocenters. The Hall–Kier alpha value is -1.33. The van der Waals surface area contributed by atoms with Gasteiger partial charge in [-0.3, -0.25) is 9.80 Å². The summed E-state index contributed by atoms with van der Waals surface area (Å²) in [7, 11) is 3.62. The number of likely N-dealkylation sites (N-methyl/N-ethyl adjacent to an activating group) is 1. The number of esters is 1. The summed E-state index contributed by atoms with van der Waals surface area (Å²) in [5, 5.41) is 0. The van der Waals surface area contributed by atoms with Gasteiger partial charge in [-0.05, 0) is 45.4 Å². The molecule has 0 radical (unpaired) electrons. The number of fused-ring (bicyclic) bond motifs is 2. The van der Waals surface area contributed by atoms with Crippen LogP contribution in [0.4, 0.5) is 0 Å². The normalized spacial score (nSPS) is 28.3. The summed E-state index contributed by atoms with van der Waals surface area (Å²) in [6.07, 6.45) is 3.83. The predicted molar refractivity (Wildman–Crippen MR) is 79.2 cm³/mol. The van der Waals surface area contributed by atoms with Crippen LogP contribution in [0, 0.1) is 0 Å². The number of nitrogens with zero attached hydrogens (tertiary/aromatic N) is 2. The molecule has 2 fully saturated rings. The maximum atomic E-state index is 11.5. The van der Waals surface area contributed by atoms with Crippen LogP contribution in [0.15, 0.2) is 16.5 Å².